The molecule has 1 aromatic heterocycles. The van der Waals surface area contributed by atoms with Crippen molar-refractivity contribution in [2.45, 2.75) is 33.4 Å². The number of ether oxygens (including phenoxy) is 1. The zero-order valence-electron chi connectivity index (χ0n) is 15.8. The zero-order chi connectivity index (χ0) is 17.9. The minimum absolute atomic E-state index is 0. The summed E-state index contributed by atoms with van der Waals surface area (Å²) in [4.78, 5) is 6.17. The smallest absolute Gasteiger partial charge is 0.191 e. The summed E-state index contributed by atoms with van der Waals surface area (Å²) in [5, 5.41) is 8.93. The lowest BCUT2D eigenvalue weighted by Gasteiger charge is -2.16. The van der Waals surface area contributed by atoms with Crippen LogP contribution in [-0.4, -0.2) is 26.2 Å². The van der Waals surface area contributed by atoms with E-state index in [4.69, 9.17) is 9.73 Å². The van der Waals surface area contributed by atoms with Gasteiger partial charge in [0.15, 0.2) is 5.96 Å². The molecule has 6 heteroatoms. The van der Waals surface area contributed by atoms with Gasteiger partial charge in [-0.25, -0.2) is 4.99 Å². The summed E-state index contributed by atoms with van der Waals surface area (Å²) < 4.78 is 5.27. The van der Waals surface area contributed by atoms with Gasteiger partial charge in [-0.15, -0.1) is 35.3 Å². The first-order valence-corrected chi connectivity index (χ1v) is 9.71. The Labute approximate surface area is 178 Å². The monoisotopic (exact) mass is 487 g/mol. The fourth-order valence-electron chi connectivity index (χ4n) is 2.63. The van der Waals surface area contributed by atoms with Crippen molar-refractivity contribution in [3.8, 4) is 0 Å². The van der Waals surface area contributed by atoms with Crippen molar-refractivity contribution in [2.24, 2.45) is 10.9 Å². The van der Waals surface area contributed by atoms with Crippen LogP contribution in [0.15, 0.2) is 46.8 Å². The Balaban J connectivity index is 0.00000338. The Bertz CT molecular complexity index is 646. The van der Waals surface area contributed by atoms with Crippen molar-refractivity contribution in [3.05, 3.63) is 57.8 Å². The van der Waals surface area contributed by atoms with E-state index in [0.717, 1.165) is 25.5 Å². The van der Waals surface area contributed by atoms with Gasteiger partial charge in [0, 0.05) is 25.1 Å². The Morgan fingerprint density at radius 2 is 1.92 bits per heavy atom. The van der Waals surface area contributed by atoms with Crippen molar-refractivity contribution in [1.82, 2.24) is 10.6 Å². The number of methoxy groups -OCH3 is 1. The highest BCUT2D eigenvalue weighted by Gasteiger charge is 2.07. The summed E-state index contributed by atoms with van der Waals surface area (Å²) in [6.45, 7) is 7.38. The zero-order valence-corrected chi connectivity index (χ0v) is 19.0. The molecule has 144 valence electrons. The molecule has 26 heavy (non-hydrogen) atoms. The first kappa shape index (κ1) is 22.9. The second-order valence-electron chi connectivity index (χ2n) is 6.17. The molecule has 0 radical (unpaired) electrons. The number of halogens is 1. The number of aliphatic imine (C=N–C) groups is 1. The summed E-state index contributed by atoms with van der Waals surface area (Å²) in [6.07, 6.45) is 1.10. The summed E-state index contributed by atoms with van der Waals surface area (Å²) in [7, 11) is 1.72. The molecule has 1 aromatic carbocycles. The number of thiophene rings is 1. The van der Waals surface area contributed by atoms with Crippen molar-refractivity contribution < 1.29 is 4.74 Å². The van der Waals surface area contributed by atoms with Gasteiger partial charge in [0.25, 0.3) is 0 Å². The molecule has 0 spiro atoms. The molecule has 0 amide bonds. The van der Waals surface area contributed by atoms with Crippen molar-refractivity contribution >= 4 is 41.3 Å². The first-order valence-electron chi connectivity index (χ1n) is 8.83. The fraction of sp³-hybridized carbons (Fsp3) is 0.450. The van der Waals surface area contributed by atoms with Gasteiger partial charge in [-0.05, 0) is 41.8 Å². The highest BCUT2D eigenvalue weighted by molar-refractivity contribution is 14.0. The van der Waals surface area contributed by atoms with E-state index < -0.39 is 0 Å². The molecule has 2 rings (SSSR count). The van der Waals surface area contributed by atoms with Crippen LogP contribution in [0, 0.1) is 5.92 Å². The molecule has 0 aliphatic carbocycles. The number of nitrogens with one attached hydrogen (secondary N) is 2. The molecule has 1 heterocycles. The van der Waals surface area contributed by atoms with Crippen molar-refractivity contribution in [3.63, 3.8) is 0 Å². The van der Waals surface area contributed by atoms with Crippen LogP contribution in [-0.2, 0) is 24.3 Å². The molecule has 1 atom stereocenters. The third-order valence-corrected chi connectivity index (χ3v) is 4.82. The number of nitrogens with zero attached hydrogens (tertiary/aromatic N) is 1. The molecular formula is C20H30IN3OS. The second kappa shape index (κ2) is 13.1. The lowest BCUT2D eigenvalue weighted by atomic mass is 10.1. The molecule has 4 nitrogen and oxygen atoms in total. The summed E-state index contributed by atoms with van der Waals surface area (Å²) >= 11 is 1.82. The molecule has 2 N–H and O–H groups in total. The quantitative estimate of drug-likeness (QED) is 0.312. The average molecular weight is 487 g/mol. The topological polar surface area (TPSA) is 45.7 Å². The number of hydrogen-bond donors (Lipinski definition) is 2. The van der Waals surface area contributed by atoms with Gasteiger partial charge in [0.2, 0.25) is 0 Å². The average Bonchev–Trinajstić information content (AvgIpc) is 3.11. The first-order chi connectivity index (χ1) is 12.2. The van der Waals surface area contributed by atoms with E-state index in [9.17, 15) is 0 Å². The molecule has 0 bridgehead atoms. The van der Waals surface area contributed by atoms with Crippen molar-refractivity contribution in [2.75, 3.05) is 20.2 Å². The molecule has 0 saturated carbocycles. The summed E-state index contributed by atoms with van der Waals surface area (Å²) in [5.74, 6) is 1.43. The summed E-state index contributed by atoms with van der Waals surface area (Å²) in [6, 6.07) is 12.6. The second-order valence-corrected chi connectivity index (χ2v) is 7.20. The highest BCUT2D eigenvalue weighted by atomic mass is 127. The number of rotatable bonds is 9. The van der Waals surface area contributed by atoms with Gasteiger partial charge >= 0.3 is 0 Å². The number of benzene rings is 1. The fourth-order valence-corrected chi connectivity index (χ4v) is 3.50. The predicted octanol–water partition coefficient (Wildman–Crippen LogP) is 4.45. The maximum absolute atomic E-state index is 5.27. The molecule has 0 fully saturated rings. The normalized spacial score (nSPS) is 12.3. The van der Waals surface area contributed by atoms with Gasteiger partial charge in [-0.2, -0.15) is 0 Å². The van der Waals surface area contributed by atoms with E-state index in [1.807, 2.05) is 23.5 Å². The SMILES string of the molecule is CCNC(=NCc1ccccc1COC)NCC(C)Cc1cccs1.I. The number of guanidine groups is 1. The minimum atomic E-state index is 0. The van der Waals surface area contributed by atoms with E-state index in [1.54, 1.807) is 7.11 Å². The lowest BCUT2D eigenvalue weighted by Crippen LogP contribution is -2.39. The van der Waals surface area contributed by atoms with Crippen LogP contribution < -0.4 is 10.6 Å². The summed E-state index contributed by atoms with van der Waals surface area (Å²) in [5.41, 5.74) is 2.39. The predicted molar refractivity (Wildman–Crippen MR) is 123 cm³/mol. The molecule has 0 aliphatic rings. The third-order valence-electron chi connectivity index (χ3n) is 3.92. The van der Waals surface area contributed by atoms with Crippen LogP contribution in [0.4, 0.5) is 0 Å². The molecule has 0 saturated heterocycles. The minimum Gasteiger partial charge on any atom is -0.380 e. The highest BCUT2D eigenvalue weighted by Crippen LogP contribution is 2.14. The van der Waals surface area contributed by atoms with Gasteiger partial charge in [0.1, 0.15) is 0 Å². The molecular weight excluding hydrogens is 457 g/mol. The standard InChI is InChI=1S/C20H29N3OS.HI/c1-4-21-20(22-13-16(2)12-19-10-7-11-25-19)23-14-17-8-5-6-9-18(17)15-24-3;/h5-11,16H,4,12-15H2,1-3H3,(H2,21,22,23);1H. The van der Waals surface area contributed by atoms with Crippen LogP contribution in [0.1, 0.15) is 29.9 Å². The van der Waals surface area contributed by atoms with Crippen molar-refractivity contribution in [1.29, 1.82) is 0 Å². The number of hydrogen-bond acceptors (Lipinski definition) is 3. The maximum Gasteiger partial charge on any atom is 0.191 e. The molecule has 0 aliphatic heterocycles. The molecule has 2 aromatic rings. The Morgan fingerprint density at radius 3 is 2.58 bits per heavy atom. The van der Waals surface area contributed by atoms with E-state index in [1.165, 1.54) is 16.0 Å². The van der Waals surface area contributed by atoms with Gasteiger partial charge in [0.05, 0.1) is 13.2 Å². The third kappa shape index (κ3) is 8.05. The Morgan fingerprint density at radius 1 is 1.15 bits per heavy atom. The Kier molecular flexibility index (Phi) is 11.6. The van der Waals surface area contributed by atoms with E-state index >= 15 is 0 Å². The van der Waals surface area contributed by atoms with Crippen LogP contribution in [0.2, 0.25) is 0 Å². The van der Waals surface area contributed by atoms with Crippen LogP contribution >= 0.6 is 35.3 Å². The van der Waals surface area contributed by atoms with Crippen LogP contribution in [0.25, 0.3) is 0 Å². The van der Waals surface area contributed by atoms with Gasteiger partial charge in [-0.1, -0.05) is 37.3 Å². The lowest BCUT2D eigenvalue weighted by molar-refractivity contribution is 0.184. The van der Waals surface area contributed by atoms with E-state index in [2.05, 4.69) is 54.1 Å². The van der Waals surface area contributed by atoms with E-state index in [-0.39, 0.29) is 24.0 Å². The Hall–Kier alpha value is -1.12. The largest absolute Gasteiger partial charge is 0.380 e. The van der Waals surface area contributed by atoms with Crippen LogP contribution in [0.3, 0.4) is 0 Å². The van der Waals surface area contributed by atoms with Crippen LogP contribution in [0.5, 0.6) is 0 Å². The van der Waals surface area contributed by atoms with Gasteiger partial charge in [-0.3, -0.25) is 0 Å². The maximum atomic E-state index is 5.27. The van der Waals surface area contributed by atoms with Gasteiger partial charge < -0.3 is 15.4 Å². The van der Waals surface area contributed by atoms with E-state index in [0.29, 0.717) is 19.1 Å². The molecule has 1 unspecified atom stereocenters.